The third kappa shape index (κ3) is 2.82. The van der Waals surface area contributed by atoms with Gasteiger partial charge >= 0.3 is 0 Å². The van der Waals surface area contributed by atoms with Crippen LogP contribution in [0, 0.1) is 0 Å². The molecule has 0 saturated carbocycles. The van der Waals surface area contributed by atoms with Gasteiger partial charge in [0, 0.05) is 34.6 Å². The zero-order valence-corrected chi connectivity index (χ0v) is 18.1. The number of hydrogen-bond acceptors (Lipinski definition) is 3. The Balaban J connectivity index is 1.40. The maximum absolute atomic E-state index is 5.12. The van der Waals surface area contributed by atoms with Gasteiger partial charge in [0.2, 0.25) is 0 Å². The Morgan fingerprint density at radius 2 is 1.39 bits per heavy atom. The van der Waals surface area contributed by atoms with Gasteiger partial charge in [-0.05, 0) is 40.8 Å². The maximum atomic E-state index is 5.12. The zero-order chi connectivity index (χ0) is 21.8. The number of fused-ring (bicyclic) bond motifs is 6. The van der Waals surface area contributed by atoms with E-state index >= 15 is 0 Å². The topological polar surface area (TPSA) is 29.0 Å². The molecule has 33 heavy (non-hydrogen) atoms. The van der Waals surface area contributed by atoms with Crippen LogP contribution in [-0.4, -0.2) is 16.5 Å². The van der Waals surface area contributed by atoms with Crippen LogP contribution in [0.2, 0.25) is 0 Å². The van der Waals surface area contributed by atoms with E-state index in [0.29, 0.717) is 0 Å². The van der Waals surface area contributed by atoms with Crippen molar-refractivity contribution in [3.63, 3.8) is 0 Å². The van der Waals surface area contributed by atoms with E-state index < -0.39 is 0 Å². The van der Waals surface area contributed by atoms with Crippen molar-refractivity contribution >= 4 is 54.7 Å². The molecule has 0 N–H and O–H groups in total. The van der Waals surface area contributed by atoms with Gasteiger partial charge < -0.3 is 4.90 Å². The van der Waals surface area contributed by atoms with E-state index in [0.717, 1.165) is 40.5 Å². The fraction of sp³-hybridized carbons (Fsp3) is 0.0667. The molecule has 2 aromatic heterocycles. The molecular formula is C30H21N3. The Morgan fingerprint density at radius 3 is 2.36 bits per heavy atom. The number of hydrogen-bond donors (Lipinski definition) is 0. The van der Waals surface area contributed by atoms with Gasteiger partial charge in [-0.1, -0.05) is 78.9 Å². The van der Waals surface area contributed by atoms with E-state index in [1.807, 2.05) is 12.3 Å². The number of benzene rings is 4. The average Bonchev–Trinajstić information content (AvgIpc) is 3.37. The van der Waals surface area contributed by atoms with Crippen molar-refractivity contribution in [2.75, 3.05) is 11.4 Å². The van der Waals surface area contributed by atoms with Crippen LogP contribution in [0.5, 0.6) is 0 Å². The lowest BCUT2D eigenvalue weighted by Gasteiger charge is -2.24. The van der Waals surface area contributed by atoms with Crippen LogP contribution >= 0.6 is 0 Å². The van der Waals surface area contributed by atoms with E-state index in [9.17, 15) is 0 Å². The minimum atomic E-state index is 0.953. The molecular weight excluding hydrogens is 402 g/mol. The molecule has 6 aromatic rings. The van der Waals surface area contributed by atoms with E-state index in [-0.39, 0.29) is 0 Å². The molecule has 0 amide bonds. The first-order valence-corrected chi connectivity index (χ1v) is 11.4. The Kier molecular flexibility index (Phi) is 3.97. The van der Waals surface area contributed by atoms with Crippen LogP contribution in [0.15, 0.2) is 103 Å². The van der Waals surface area contributed by atoms with E-state index in [4.69, 9.17) is 4.98 Å². The molecule has 0 fully saturated rings. The molecule has 0 atom stereocenters. The smallest absolute Gasteiger partial charge is 0.0972 e. The lowest BCUT2D eigenvalue weighted by atomic mass is 10.0. The summed E-state index contributed by atoms with van der Waals surface area (Å²) in [6.07, 6.45) is 5.16. The lowest BCUT2D eigenvalue weighted by molar-refractivity contribution is 1.01. The SMILES string of the molecule is C1=C(c2ccc3ccc4cccnc4c3n2)N(c2cccc3c2ccc2ccccc23)CC1. The highest BCUT2D eigenvalue weighted by Gasteiger charge is 2.22. The third-order valence-electron chi connectivity index (χ3n) is 6.73. The van der Waals surface area contributed by atoms with Gasteiger partial charge in [-0.3, -0.25) is 4.98 Å². The molecule has 3 heterocycles. The monoisotopic (exact) mass is 423 g/mol. The first-order valence-electron chi connectivity index (χ1n) is 11.4. The quantitative estimate of drug-likeness (QED) is 0.273. The standard InChI is InChI=1S/C30H21N3/c1-2-8-23-20(6-1)14-16-25-24(23)9-3-10-27(25)33-19-5-11-28(33)26-17-15-22-13-12-21-7-4-18-31-29(21)30(22)32-26/h1-4,6-18H,5,19H2. The summed E-state index contributed by atoms with van der Waals surface area (Å²) in [4.78, 5) is 12.2. The number of nitrogens with zero attached hydrogens (tertiary/aromatic N) is 3. The van der Waals surface area contributed by atoms with Crippen molar-refractivity contribution < 1.29 is 0 Å². The largest absolute Gasteiger partial charge is 0.339 e. The van der Waals surface area contributed by atoms with Crippen LogP contribution in [0.4, 0.5) is 5.69 Å². The number of pyridine rings is 2. The van der Waals surface area contributed by atoms with Gasteiger partial charge in [0.15, 0.2) is 0 Å². The molecule has 0 radical (unpaired) electrons. The highest BCUT2D eigenvalue weighted by atomic mass is 15.2. The minimum absolute atomic E-state index is 0.953. The second kappa shape index (κ2) is 7.14. The molecule has 0 aliphatic carbocycles. The first kappa shape index (κ1) is 18.3. The molecule has 156 valence electrons. The predicted molar refractivity (Wildman–Crippen MR) is 138 cm³/mol. The van der Waals surface area contributed by atoms with Crippen LogP contribution in [-0.2, 0) is 0 Å². The summed E-state index contributed by atoms with van der Waals surface area (Å²) >= 11 is 0. The Morgan fingerprint density at radius 1 is 0.606 bits per heavy atom. The Labute approximate surface area is 191 Å². The highest BCUT2D eigenvalue weighted by molar-refractivity contribution is 6.12. The van der Waals surface area contributed by atoms with Crippen LogP contribution in [0.25, 0.3) is 49.0 Å². The van der Waals surface area contributed by atoms with Crippen LogP contribution in [0.1, 0.15) is 12.1 Å². The molecule has 0 saturated heterocycles. The molecule has 3 nitrogen and oxygen atoms in total. The Bertz CT molecular complexity index is 1730. The molecule has 0 bridgehead atoms. The van der Waals surface area contributed by atoms with Crippen molar-refractivity contribution in [2.24, 2.45) is 0 Å². The lowest BCUT2D eigenvalue weighted by Crippen LogP contribution is -2.18. The van der Waals surface area contributed by atoms with Crippen molar-refractivity contribution in [3.8, 4) is 0 Å². The second-order valence-electron chi connectivity index (χ2n) is 8.60. The zero-order valence-electron chi connectivity index (χ0n) is 18.1. The highest BCUT2D eigenvalue weighted by Crippen LogP contribution is 2.38. The summed E-state index contributed by atoms with van der Waals surface area (Å²) in [6, 6.07) is 32.4. The summed E-state index contributed by atoms with van der Waals surface area (Å²) in [5.41, 5.74) is 5.32. The average molecular weight is 424 g/mol. The summed E-state index contributed by atoms with van der Waals surface area (Å²) in [6.45, 7) is 0.953. The van der Waals surface area contributed by atoms with Gasteiger partial charge in [-0.15, -0.1) is 0 Å². The molecule has 4 aromatic carbocycles. The third-order valence-corrected chi connectivity index (χ3v) is 6.73. The number of anilines is 1. The van der Waals surface area contributed by atoms with Crippen molar-refractivity contribution in [1.82, 2.24) is 9.97 Å². The number of aromatic nitrogens is 2. The maximum Gasteiger partial charge on any atom is 0.0972 e. The van der Waals surface area contributed by atoms with Gasteiger partial charge in [-0.25, -0.2) is 4.98 Å². The summed E-state index contributed by atoms with van der Waals surface area (Å²) in [5.74, 6) is 0. The second-order valence-corrected chi connectivity index (χ2v) is 8.60. The van der Waals surface area contributed by atoms with Gasteiger partial charge in [0.25, 0.3) is 0 Å². The normalized spacial score (nSPS) is 13.9. The van der Waals surface area contributed by atoms with Gasteiger partial charge in [0.05, 0.1) is 22.4 Å². The van der Waals surface area contributed by atoms with Gasteiger partial charge in [0.1, 0.15) is 0 Å². The van der Waals surface area contributed by atoms with Crippen molar-refractivity contribution in [2.45, 2.75) is 6.42 Å². The number of rotatable bonds is 2. The molecule has 0 unspecified atom stereocenters. The molecule has 1 aliphatic heterocycles. The van der Waals surface area contributed by atoms with E-state index in [2.05, 4.69) is 101 Å². The molecule has 3 heteroatoms. The summed E-state index contributed by atoms with van der Waals surface area (Å²) in [5, 5.41) is 7.37. The van der Waals surface area contributed by atoms with Crippen molar-refractivity contribution in [1.29, 1.82) is 0 Å². The fourth-order valence-corrected chi connectivity index (χ4v) is 5.18. The summed E-state index contributed by atoms with van der Waals surface area (Å²) in [7, 11) is 0. The van der Waals surface area contributed by atoms with E-state index in [1.165, 1.54) is 32.9 Å². The molecule has 0 spiro atoms. The minimum Gasteiger partial charge on any atom is -0.339 e. The molecule has 7 rings (SSSR count). The summed E-state index contributed by atoms with van der Waals surface area (Å²) < 4.78 is 0. The van der Waals surface area contributed by atoms with Crippen LogP contribution < -0.4 is 4.90 Å². The Hall–Kier alpha value is -4.24. The first-order chi connectivity index (χ1) is 16.4. The van der Waals surface area contributed by atoms with Gasteiger partial charge in [-0.2, -0.15) is 0 Å². The predicted octanol–water partition coefficient (Wildman–Crippen LogP) is 7.34. The molecule has 1 aliphatic rings. The van der Waals surface area contributed by atoms with Crippen molar-refractivity contribution in [3.05, 3.63) is 109 Å². The fourth-order valence-electron chi connectivity index (χ4n) is 5.18. The van der Waals surface area contributed by atoms with Crippen LogP contribution in [0.3, 0.4) is 0 Å². The van der Waals surface area contributed by atoms with E-state index in [1.54, 1.807) is 0 Å².